The standard InChI is InChI=1S/C14H28N2O2/c1-10(2)8-13(9-17)15-11(3)14(18)16-12-6-4-5-7-12/h10-13,15,17H,4-9H2,1-3H3,(H,16,18). The van der Waals surface area contributed by atoms with Crippen molar-refractivity contribution in [3.05, 3.63) is 0 Å². The van der Waals surface area contributed by atoms with E-state index in [9.17, 15) is 9.90 Å². The smallest absolute Gasteiger partial charge is 0.237 e. The Morgan fingerprint density at radius 3 is 2.39 bits per heavy atom. The quantitative estimate of drug-likeness (QED) is 0.646. The van der Waals surface area contributed by atoms with E-state index in [0.717, 1.165) is 19.3 Å². The van der Waals surface area contributed by atoms with Crippen LogP contribution in [0.1, 0.15) is 52.9 Å². The van der Waals surface area contributed by atoms with E-state index >= 15 is 0 Å². The molecule has 0 aromatic heterocycles. The average Bonchev–Trinajstić information content (AvgIpc) is 2.80. The zero-order chi connectivity index (χ0) is 13.5. The van der Waals surface area contributed by atoms with Gasteiger partial charge in [0, 0.05) is 12.1 Å². The van der Waals surface area contributed by atoms with Gasteiger partial charge in [-0.3, -0.25) is 4.79 Å². The molecule has 0 bridgehead atoms. The monoisotopic (exact) mass is 256 g/mol. The van der Waals surface area contributed by atoms with Crippen LogP contribution in [-0.4, -0.2) is 35.7 Å². The SMILES string of the molecule is CC(C)CC(CO)NC(C)C(=O)NC1CCCC1. The molecule has 0 spiro atoms. The van der Waals surface area contributed by atoms with Gasteiger partial charge in [-0.1, -0.05) is 26.7 Å². The highest BCUT2D eigenvalue weighted by molar-refractivity contribution is 5.81. The molecule has 1 aliphatic carbocycles. The summed E-state index contributed by atoms with van der Waals surface area (Å²) in [5.41, 5.74) is 0. The highest BCUT2D eigenvalue weighted by atomic mass is 16.3. The van der Waals surface area contributed by atoms with Crippen LogP contribution in [0, 0.1) is 5.92 Å². The van der Waals surface area contributed by atoms with Crippen LogP contribution >= 0.6 is 0 Å². The second-order valence-electron chi connectivity index (χ2n) is 5.89. The molecule has 0 aromatic rings. The number of rotatable bonds is 7. The third-order valence-electron chi connectivity index (χ3n) is 3.56. The van der Waals surface area contributed by atoms with Gasteiger partial charge in [-0.05, 0) is 32.1 Å². The first-order valence-electron chi connectivity index (χ1n) is 7.20. The Morgan fingerprint density at radius 1 is 1.28 bits per heavy atom. The molecule has 2 atom stereocenters. The fourth-order valence-corrected chi connectivity index (χ4v) is 2.59. The summed E-state index contributed by atoms with van der Waals surface area (Å²) >= 11 is 0. The lowest BCUT2D eigenvalue weighted by Gasteiger charge is -2.24. The molecule has 4 heteroatoms. The molecule has 1 fully saturated rings. The molecule has 0 aliphatic heterocycles. The van der Waals surface area contributed by atoms with Gasteiger partial charge in [-0.15, -0.1) is 0 Å². The summed E-state index contributed by atoms with van der Waals surface area (Å²) in [6.07, 6.45) is 5.54. The summed E-state index contributed by atoms with van der Waals surface area (Å²) in [6, 6.07) is 0.134. The van der Waals surface area contributed by atoms with Gasteiger partial charge in [0.15, 0.2) is 0 Å². The van der Waals surface area contributed by atoms with Gasteiger partial charge in [0.1, 0.15) is 0 Å². The van der Waals surface area contributed by atoms with Crippen LogP contribution in [-0.2, 0) is 4.79 Å². The third-order valence-corrected chi connectivity index (χ3v) is 3.56. The van der Waals surface area contributed by atoms with Crippen LogP contribution in [0.5, 0.6) is 0 Å². The topological polar surface area (TPSA) is 61.4 Å². The number of amides is 1. The van der Waals surface area contributed by atoms with Crippen molar-refractivity contribution in [3.63, 3.8) is 0 Å². The van der Waals surface area contributed by atoms with Gasteiger partial charge < -0.3 is 15.7 Å². The van der Waals surface area contributed by atoms with Gasteiger partial charge in [-0.2, -0.15) is 0 Å². The summed E-state index contributed by atoms with van der Waals surface area (Å²) < 4.78 is 0. The van der Waals surface area contributed by atoms with Crippen molar-refractivity contribution in [3.8, 4) is 0 Å². The second kappa shape index (κ2) is 7.74. The number of carbonyl (C=O) groups is 1. The van der Waals surface area contributed by atoms with Gasteiger partial charge >= 0.3 is 0 Å². The summed E-state index contributed by atoms with van der Waals surface area (Å²) in [5.74, 6) is 0.573. The van der Waals surface area contributed by atoms with Crippen molar-refractivity contribution in [2.24, 2.45) is 5.92 Å². The lowest BCUT2D eigenvalue weighted by atomic mass is 10.0. The van der Waals surface area contributed by atoms with E-state index in [1.807, 2.05) is 6.92 Å². The van der Waals surface area contributed by atoms with Crippen molar-refractivity contribution in [2.75, 3.05) is 6.61 Å². The first-order valence-corrected chi connectivity index (χ1v) is 7.20. The summed E-state index contributed by atoms with van der Waals surface area (Å²) in [5, 5.41) is 15.6. The Morgan fingerprint density at radius 2 is 1.89 bits per heavy atom. The minimum atomic E-state index is -0.235. The molecule has 0 saturated heterocycles. The van der Waals surface area contributed by atoms with Gasteiger partial charge in [-0.25, -0.2) is 0 Å². The highest BCUT2D eigenvalue weighted by Crippen LogP contribution is 2.17. The Balaban J connectivity index is 2.32. The van der Waals surface area contributed by atoms with Crippen molar-refractivity contribution < 1.29 is 9.90 Å². The van der Waals surface area contributed by atoms with Crippen molar-refractivity contribution in [1.82, 2.24) is 10.6 Å². The van der Waals surface area contributed by atoms with Crippen LogP contribution in [0.2, 0.25) is 0 Å². The van der Waals surface area contributed by atoms with Gasteiger partial charge in [0.05, 0.1) is 12.6 Å². The van der Waals surface area contributed by atoms with Gasteiger partial charge in [0.25, 0.3) is 0 Å². The Hall–Kier alpha value is -0.610. The van der Waals surface area contributed by atoms with Crippen molar-refractivity contribution in [2.45, 2.75) is 71.0 Å². The average molecular weight is 256 g/mol. The van der Waals surface area contributed by atoms with Gasteiger partial charge in [0.2, 0.25) is 5.91 Å². The minimum Gasteiger partial charge on any atom is -0.395 e. The van der Waals surface area contributed by atoms with Crippen molar-refractivity contribution >= 4 is 5.91 Å². The lowest BCUT2D eigenvalue weighted by molar-refractivity contribution is -0.123. The molecule has 0 radical (unpaired) electrons. The van der Waals surface area contributed by atoms with Crippen molar-refractivity contribution in [1.29, 1.82) is 0 Å². The number of carbonyl (C=O) groups excluding carboxylic acids is 1. The molecular formula is C14H28N2O2. The molecule has 3 N–H and O–H groups in total. The summed E-state index contributed by atoms with van der Waals surface area (Å²) in [4.78, 5) is 12.0. The van der Waals surface area contributed by atoms with Crippen LogP contribution in [0.25, 0.3) is 0 Å². The number of aliphatic hydroxyl groups is 1. The van der Waals surface area contributed by atoms with E-state index in [0.29, 0.717) is 12.0 Å². The van der Waals surface area contributed by atoms with E-state index in [-0.39, 0.29) is 24.6 Å². The maximum absolute atomic E-state index is 12.0. The number of aliphatic hydroxyl groups excluding tert-OH is 1. The Labute approximate surface area is 111 Å². The predicted octanol–water partition coefficient (Wildman–Crippen LogP) is 1.43. The van der Waals surface area contributed by atoms with Crippen LogP contribution < -0.4 is 10.6 Å². The zero-order valence-electron chi connectivity index (χ0n) is 11.9. The number of hydrogen-bond acceptors (Lipinski definition) is 3. The number of hydrogen-bond donors (Lipinski definition) is 3. The lowest BCUT2D eigenvalue weighted by Crippen LogP contribution is -2.50. The molecule has 18 heavy (non-hydrogen) atoms. The maximum Gasteiger partial charge on any atom is 0.237 e. The van der Waals surface area contributed by atoms with Crippen LogP contribution in [0.15, 0.2) is 0 Å². The third kappa shape index (κ3) is 5.36. The van der Waals surface area contributed by atoms with Crippen LogP contribution in [0.4, 0.5) is 0 Å². The molecule has 1 saturated carbocycles. The zero-order valence-corrected chi connectivity index (χ0v) is 11.9. The van der Waals surface area contributed by atoms with E-state index in [4.69, 9.17) is 0 Å². The minimum absolute atomic E-state index is 0.00864. The molecule has 2 unspecified atom stereocenters. The largest absolute Gasteiger partial charge is 0.395 e. The van der Waals surface area contributed by atoms with E-state index in [2.05, 4.69) is 24.5 Å². The first kappa shape index (κ1) is 15.4. The highest BCUT2D eigenvalue weighted by Gasteiger charge is 2.22. The number of nitrogens with one attached hydrogen (secondary N) is 2. The molecule has 1 aliphatic rings. The first-order chi connectivity index (χ1) is 8.52. The fourth-order valence-electron chi connectivity index (χ4n) is 2.59. The molecule has 1 rings (SSSR count). The van der Waals surface area contributed by atoms with E-state index in [1.54, 1.807) is 0 Å². The molecule has 0 heterocycles. The second-order valence-corrected chi connectivity index (χ2v) is 5.89. The summed E-state index contributed by atoms with van der Waals surface area (Å²) in [6.45, 7) is 6.19. The molecular weight excluding hydrogens is 228 g/mol. The van der Waals surface area contributed by atoms with E-state index < -0.39 is 0 Å². The maximum atomic E-state index is 12.0. The molecule has 106 valence electrons. The fraction of sp³-hybridized carbons (Fsp3) is 0.929. The summed E-state index contributed by atoms with van der Waals surface area (Å²) in [7, 11) is 0. The van der Waals surface area contributed by atoms with Crippen LogP contribution in [0.3, 0.4) is 0 Å². The molecule has 4 nitrogen and oxygen atoms in total. The predicted molar refractivity (Wildman–Crippen MR) is 73.3 cm³/mol. The normalized spacial score (nSPS) is 20.1. The Kier molecular flexibility index (Phi) is 6.65. The molecule has 1 amide bonds. The Bertz CT molecular complexity index is 250. The van der Waals surface area contributed by atoms with E-state index in [1.165, 1.54) is 12.8 Å². The molecule has 0 aromatic carbocycles.